The Balaban J connectivity index is 2.05. The van der Waals surface area contributed by atoms with Crippen molar-refractivity contribution < 1.29 is 14.6 Å². The molecular weight excluding hydrogens is 222 g/mol. The van der Waals surface area contributed by atoms with E-state index in [4.69, 9.17) is 9.84 Å². The summed E-state index contributed by atoms with van der Waals surface area (Å²) in [5, 5.41) is 8.83. The normalized spacial score (nSPS) is 10.2. The van der Waals surface area contributed by atoms with Crippen molar-refractivity contribution >= 4 is 5.97 Å². The molecule has 0 aliphatic heterocycles. The number of carbonyl (C=O) groups is 1. The molecule has 0 spiro atoms. The first-order valence-corrected chi connectivity index (χ1v) is 4.95. The van der Waals surface area contributed by atoms with Gasteiger partial charge in [-0.1, -0.05) is 0 Å². The van der Waals surface area contributed by atoms with Crippen molar-refractivity contribution in [2.24, 2.45) is 7.05 Å². The van der Waals surface area contributed by atoms with Crippen LogP contribution in [0.3, 0.4) is 0 Å². The van der Waals surface area contributed by atoms with Crippen LogP contribution in [0.15, 0.2) is 30.7 Å². The molecule has 6 heteroatoms. The van der Waals surface area contributed by atoms with Gasteiger partial charge in [0.1, 0.15) is 12.4 Å². The van der Waals surface area contributed by atoms with E-state index in [1.54, 1.807) is 37.8 Å². The van der Waals surface area contributed by atoms with Gasteiger partial charge in [-0.2, -0.15) is 0 Å². The summed E-state index contributed by atoms with van der Waals surface area (Å²) in [4.78, 5) is 18.6. The lowest BCUT2D eigenvalue weighted by Crippen LogP contribution is -2.05. The molecule has 0 saturated heterocycles. The van der Waals surface area contributed by atoms with Crippen molar-refractivity contribution in [3.8, 4) is 5.75 Å². The van der Waals surface area contributed by atoms with Crippen LogP contribution in [0.5, 0.6) is 5.75 Å². The number of ether oxygens (including phenoxy) is 1. The van der Waals surface area contributed by atoms with E-state index in [-0.39, 0.29) is 12.4 Å². The van der Waals surface area contributed by atoms with Gasteiger partial charge >= 0.3 is 5.97 Å². The highest BCUT2D eigenvalue weighted by Gasteiger charge is 2.12. The van der Waals surface area contributed by atoms with Crippen molar-refractivity contribution in [2.75, 3.05) is 0 Å². The van der Waals surface area contributed by atoms with Gasteiger partial charge in [0.25, 0.3) is 0 Å². The van der Waals surface area contributed by atoms with Gasteiger partial charge in [-0.3, -0.25) is 4.98 Å². The number of pyridine rings is 1. The highest BCUT2D eigenvalue weighted by atomic mass is 16.5. The van der Waals surface area contributed by atoms with Gasteiger partial charge in [0.15, 0.2) is 0 Å². The number of hydrogen-bond donors (Lipinski definition) is 1. The van der Waals surface area contributed by atoms with E-state index in [0.717, 1.165) is 0 Å². The van der Waals surface area contributed by atoms with Crippen LogP contribution < -0.4 is 4.74 Å². The predicted molar refractivity (Wildman–Crippen MR) is 58.7 cm³/mol. The van der Waals surface area contributed by atoms with E-state index >= 15 is 0 Å². The van der Waals surface area contributed by atoms with Gasteiger partial charge in [-0.25, -0.2) is 9.78 Å². The van der Waals surface area contributed by atoms with Gasteiger partial charge in [-0.05, 0) is 12.1 Å². The fraction of sp³-hybridized carbons (Fsp3) is 0.182. The molecular formula is C11H11N3O3. The quantitative estimate of drug-likeness (QED) is 0.855. The first-order valence-electron chi connectivity index (χ1n) is 4.95. The highest BCUT2D eigenvalue weighted by molar-refractivity contribution is 5.83. The molecule has 0 unspecified atom stereocenters. The first-order chi connectivity index (χ1) is 8.16. The van der Waals surface area contributed by atoms with E-state index in [1.807, 2.05) is 0 Å². The molecule has 0 bridgehead atoms. The highest BCUT2D eigenvalue weighted by Crippen LogP contribution is 2.10. The number of imidazole rings is 1. The summed E-state index contributed by atoms with van der Waals surface area (Å²) >= 11 is 0. The Morgan fingerprint density at radius 1 is 1.59 bits per heavy atom. The number of hydrogen-bond acceptors (Lipinski definition) is 4. The average molecular weight is 233 g/mol. The lowest BCUT2D eigenvalue weighted by molar-refractivity contribution is 0.0679. The number of aryl methyl sites for hydroxylation is 1. The van der Waals surface area contributed by atoms with Crippen molar-refractivity contribution in [1.82, 2.24) is 14.5 Å². The van der Waals surface area contributed by atoms with Gasteiger partial charge in [0, 0.05) is 19.4 Å². The van der Waals surface area contributed by atoms with E-state index in [9.17, 15) is 4.79 Å². The number of aromatic nitrogens is 3. The smallest absolute Gasteiger partial charge is 0.372 e. The summed E-state index contributed by atoms with van der Waals surface area (Å²) in [7, 11) is 1.63. The van der Waals surface area contributed by atoms with Crippen LogP contribution >= 0.6 is 0 Å². The van der Waals surface area contributed by atoms with Crippen LogP contribution in [0.1, 0.15) is 16.3 Å². The van der Waals surface area contributed by atoms with Gasteiger partial charge in [-0.15, -0.1) is 0 Å². The molecule has 0 aromatic carbocycles. The molecule has 2 aromatic heterocycles. The van der Waals surface area contributed by atoms with Crippen molar-refractivity contribution in [3.05, 3.63) is 42.2 Å². The summed E-state index contributed by atoms with van der Waals surface area (Å²) in [6.45, 7) is 0.215. The fourth-order valence-electron chi connectivity index (χ4n) is 1.39. The molecule has 17 heavy (non-hydrogen) atoms. The molecule has 6 nitrogen and oxygen atoms in total. The zero-order valence-electron chi connectivity index (χ0n) is 9.20. The second-order valence-corrected chi connectivity index (χ2v) is 3.45. The van der Waals surface area contributed by atoms with Gasteiger partial charge in [0.05, 0.1) is 11.9 Å². The van der Waals surface area contributed by atoms with Gasteiger partial charge < -0.3 is 14.4 Å². The molecule has 0 fully saturated rings. The maximum absolute atomic E-state index is 10.8. The first kappa shape index (κ1) is 11.1. The minimum absolute atomic E-state index is 0.00483. The van der Waals surface area contributed by atoms with E-state index < -0.39 is 5.97 Å². The van der Waals surface area contributed by atoms with Crippen LogP contribution in [0.25, 0.3) is 0 Å². The lowest BCUT2D eigenvalue weighted by Gasteiger charge is -2.01. The summed E-state index contributed by atoms with van der Waals surface area (Å²) in [5.41, 5.74) is 0.564. The monoisotopic (exact) mass is 233 g/mol. The average Bonchev–Trinajstić information content (AvgIpc) is 2.69. The van der Waals surface area contributed by atoms with Gasteiger partial charge in [0.2, 0.25) is 5.82 Å². The lowest BCUT2D eigenvalue weighted by atomic mass is 10.4. The number of aromatic carboxylic acids is 1. The van der Waals surface area contributed by atoms with Crippen LogP contribution in [-0.2, 0) is 13.7 Å². The van der Waals surface area contributed by atoms with Crippen LogP contribution in [-0.4, -0.2) is 25.6 Å². The SMILES string of the molecule is Cn1cc(COc2cccnc2)nc1C(=O)O. The minimum atomic E-state index is -1.06. The Morgan fingerprint density at radius 2 is 2.41 bits per heavy atom. The Kier molecular flexibility index (Phi) is 3.04. The number of nitrogens with zero attached hydrogens (tertiary/aromatic N) is 3. The standard InChI is InChI=1S/C11H11N3O3/c1-14-6-8(13-10(14)11(15)16)7-17-9-3-2-4-12-5-9/h2-6H,7H2,1H3,(H,15,16). The van der Waals surface area contributed by atoms with Crippen LogP contribution in [0.4, 0.5) is 0 Å². The molecule has 0 aliphatic carbocycles. The Morgan fingerprint density at radius 3 is 3.00 bits per heavy atom. The Hall–Kier alpha value is -2.37. The summed E-state index contributed by atoms with van der Waals surface area (Å²) in [6, 6.07) is 3.53. The fourth-order valence-corrected chi connectivity index (χ4v) is 1.39. The number of carboxylic acids is 1. The molecule has 0 atom stereocenters. The van der Waals surface area contributed by atoms with Crippen molar-refractivity contribution in [3.63, 3.8) is 0 Å². The molecule has 88 valence electrons. The number of rotatable bonds is 4. The maximum atomic E-state index is 10.8. The second-order valence-electron chi connectivity index (χ2n) is 3.45. The van der Waals surface area contributed by atoms with E-state index in [0.29, 0.717) is 11.4 Å². The summed E-state index contributed by atoms with van der Waals surface area (Å²) in [6.07, 6.45) is 4.86. The zero-order chi connectivity index (χ0) is 12.3. The molecule has 0 radical (unpaired) electrons. The third kappa shape index (κ3) is 2.60. The molecule has 0 aliphatic rings. The molecule has 2 rings (SSSR count). The minimum Gasteiger partial charge on any atom is -0.486 e. The summed E-state index contributed by atoms with van der Waals surface area (Å²) < 4.78 is 6.86. The summed E-state index contributed by atoms with van der Waals surface area (Å²) in [5.74, 6) is -0.440. The topological polar surface area (TPSA) is 77.2 Å². The third-order valence-electron chi connectivity index (χ3n) is 2.14. The molecule has 0 saturated carbocycles. The van der Waals surface area contributed by atoms with E-state index in [1.165, 1.54) is 4.57 Å². The number of carboxylic acid groups (broad SMARTS) is 1. The predicted octanol–water partition coefficient (Wildman–Crippen LogP) is 1.09. The Bertz CT molecular complexity index is 522. The molecule has 2 heterocycles. The largest absolute Gasteiger partial charge is 0.486 e. The van der Waals surface area contributed by atoms with E-state index in [2.05, 4.69) is 9.97 Å². The van der Waals surface area contributed by atoms with Crippen LogP contribution in [0.2, 0.25) is 0 Å². The van der Waals surface area contributed by atoms with Crippen molar-refractivity contribution in [1.29, 1.82) is 0 Å². The van der Waals surface area contributed by atoms with Crippen molar-refractivity contribution in [2.45, 2.75) is 6.61 Å². The molecule has 1 N–H and O–H groups in total. The second kappa shape index (κ2) is 4.65. The maximum Gasteiger partial charge on any atom is 0.372 e. The third-order valence-corrected chi connectivity index (χ3v) is 2.14. The Labute approximate surface area is 97.5 Å². The van der Waals surface area contributed by atoms with Crippen LogP contribution in [0, 0.1) is 0 Å². The molecule has 0 amide bonds. The zero-order valence-corrected chi connectivity index (χ0v) is 9.20. The molecule has 2 aromatic rings.